The van der Waals surface area contributed by atoms with Gasteiger partial charge in [0.15, 0.2) is 5.96 Å². The highest BCUT2D eigenvalue weighted by Gasteiger charge is 2.27. The third-order valence-corrected chi connectivity index (χ3v) is 3.11. The van der Waals surface area contributed by atoms with Crippen LogP contribution in [-0.2, 0) is 13.5 Å². The van der Waals surface area contributed by atoms with E-state index in [1.807, 2.05) is 31.2 Å². The number of nitrogens with two attached hydrogens (primary N) is 1. The summed E-state index contributed by atoms with van der Waals surface area (Å²) < 4.78 is 1.83. The van der Waals surface area contributed by atoms with Gasteiger partial charge in [-0.3, -0.25) is 9.67 Å². The molecule has 0 radical (unpaired) electrons. The van der Waals surface area contributed by atoms with Crippen LogP contribution in [0.5, 0.6) is 0 Å². The number of hydrogen-bond donors (Lipinski definition) is 1. The van der Waals surface area contributed by atoms with E-state index in [1.54, 1.807) is 0 Å². The van der Waals surface area contributed by atoms with Crippen molar-refractivity contribution in [2.75, 3.05) is 13.6 Å². The lowest BCUT2D eigenvalue weighted by molar-refractivity contribution is 0.487. The fourth-order valence-corrected chi connectivity index (χ4v) is 1.84. The first-order chi connectivity index (χ1) is 8.16. The van der Waals surface area contributed by atoms with Gasteiger partial charge < -0.3 is 10.6 Å². The molecule has 1 aromatic heterocycles. The highest BCUT2D eigenvalue weighted by atomic mass is 127. The summed E-state index contributed by atoms with van der Waals surface area (Å²) in [6, 6.07) is 0.636. The molecule has 2 rings (SSSR count). The van der Waals surface area contributed by atoms with Crippen LogP contribution in [-0.4, -0.2) is 40.3 Å². The second-order valence-electron chi connectivity index (χ2n) is 4.71. The average Bonchev–Trinajstić information content (AvgIpc) is 3.07. The molecule has 2 N–H and O–H groups in total. The molecule has 0 aliphatic heterocycles. The molecular weight excluding hydrogens is 341 g/mol. The molecule has 1 aromatic rings. The maximum atomic E-state index is 5.90. The molecule has 0 atom stereocenters. The predicted molar refractivity (Wildman–Crippen MR) is 84.2 cm³/mol. The molecule has 0 spiro atoms. The Morgan fingerprint density at radius 3 is 2.89 bits per heavy atom. The summed E-state index contributed by atoms with van der Waals surface area (Å²) in [6.07, 6.45) is 8.49. The van der Waals surface area contributed by atoms with Gasteiger partial charge in [-0.25, -0.2) is 0 Å². The van der Waals surface area contributed by atoms with Gasteiger partial charge in [-0.2, -0.15) is 5.10 Å². The summed E-state index contributed by atoms with van der Waals surface area (Å²) in [5.41, 5.74) is 7.16. The van der Waals surface area contributed by atoms with Crippen molar-refractivity contribution in [2.24, 2.45) is 17.8 Å². The Morgan fingerprint density at radius 1 is 1.61 bits per heavy atom. The lowest BCUT2D eigenvalue weighted by Crippen LogP contribution is -2.35. The van der Waals surface area contributed by atoms with Gasteiger partial charge in [0.2, 0.25) is 0 Å². The van der Waals surface area contributed by atoms with Crippen molar-refractivity contribution in [3.63, 3.8) is 0 Å². The maximum Gasteiger partial charge on any atom is 0.191 e. The van der Waals surface area contributed by atoms with Crippen LogP contribution in [0.15, 0.2) is 17.4 Å². The van der Waals surface area contributed by atoms with Gasteiger partial charge in [-0.15, -0.1) is 24.0 Å². The highest BCUT2D eigenvalue weighted by Crippen LogP contribution is 2.24. The maximum absolute atomic E-state index is 5.90. The standard InChI is InChI=1S/C12H21N5.HI/c1-16-9-10(8-15-16)4-3-7-14-12(13)17(2)11-5-6-11;/h8-9,11H,3-7H2,1-2H3,(H2,13,14);1H. The molecule has 1 saturated carbocycles. The van der Waals surface area contributed by atoms with E-state index in [4.69, 9.17) is 5.73 Å². The molecule has 0 saturated heterocycles. The number of aliphatic imine (C=N–C) groups is 1. The van der Waals surface area contributed by atoms with E-state index in [2.05, 4.69) is 15.0 Å². The second-order valence-corrected chi connectivity index (χ2v) is 4.71. The molecule has 5 nitrogen and oxygen atoms in total. The Labute approximate surface area is 125 Å². The molecular formula is C12H22IN5. The summed E-state index contributed by atoms with van der Waals surface area (Å²) in [5.74, 6) is 0.679. The number of halogens is 1. The Balaban J connectivity index is 0.00000162. The van der Waals surface area contributed by atoms with Gasteiger partial charge in [-0.1, -0.05) is 0 Å². The molecule has 18 heavy (non-hydrogen) atoms. The van der Waals surface area contributed by atoms with Crippen LogP contribution >= 0.6 is 24.0 Å². The predicted octanol–water partition coefficient (Wildman–Crippen LogP) is 1.38. The zero-order valence-corrected chi connectivity index (χ0v) is 13.4. The van der Waals surface area contributed by atoms with Crippen molar-refractivity contribution < 1.29 is 0 Å². The van der Waals surface area contributed by atoms with Gasteiger partial charge >= 0.3 is 0 Å². The van der Waals surface area contributed by atoms with Crippen LogP contribution in [0.2, 0.25) is 0 Å². The lowest BCUT2D eigenvalue weighted by atomic mass is 10.2. The van der Waals surface area contributed by atoms with Crippen LogP contribution in [0.3, 0.4) is 0 Å². The smallest absolute Gasteiger partial charge is 0.191 e. The highest BCUT2D eigenvalue weighted by molar-refractivity contribution is 14.0. The summed E-state index contributed by atoms with van der Waals surface area (Å²) in [4.78, 5) is 6.49. The van der Waals surface area contributed by atoms with E-state index >= 15 is 0 Å². The van der Waals surface area contributed by atoms with E-state index in [0.29, 0.717) is 12.0 Å². The molecule has 6 heteroatoms. The van der Waals surface area contributed by atoms with Gasteiger partial charge in [0.1, 0.15) is 0 Å². The quantitative estimate of drug-likeness (QED) is 0.372. The number of rotatable bonds is 5. The van der Waals surface area contributed by atoms with E-state index in [1.165, 1.54) is 18.4 Å². The average molecular weight is 363 g/mol. The van der Waals surface area contributed by atoms with Crippen molar-refractivity contribution in [1.82, 2.24) is 14.7 Å². The zero-order valence-electron chi connectivity index (χ0n) is 11.0. The van der Waals surface area contributed by atoms with Gasteiger partial charge in [0, 0.05) is 32.9 Å². The van der Waals surface area contributed by atoms with Crippen LogP contribution in [0.25, 0.3) is 0 Å². The Kier molecular flexibility index (Phi) is 5.90. The largest absolute Gasteiger partial charge is 0.370 e. The van der Waals surface area contributed by atoms with Crippen molar-refractivity contribution >= 4 is 29.9 Å². The van der Waals surface area contributed by atoms with E-state index in [-0.39, 0.29) is 24.0 Å². The molecule has 1 aliphatic rings. The van der Waals surface area contributed by atoms with Crippen LogP contribution in [0.4, 0.5) is 0 Å². The second kappa shape index (κ2) is 6.96. The van der Waals surface area contributed by atoms with E-state index < -0.39 is 0 Å². The number of hydrogen-bond acceptors (Lipinski definition) is 2. The van der Waals surface area contributed by atoms with Crippen LogP contribution < -0.4 is 5.73 Å². The Bertz CT molecular complexity index is 397. The van der Waals surface area contributed by atoms with Crippen molar-refractivity contribution in [3.8, 4) is 0 Å². The van der Waals surface area contributed by atoms with E-state index in [0.717, 1.165) is 19.4 Å². The third kappa shape index (κ3) is 4.47. The molecule has 1 aliphatic carbocycles. The first-order valence-corrected chi connectivity index (χ1v) is 6.17. The summed E-state index contributed by atoms with van der Waals surface area (Å²) in [6.45, 7) is 0.789. The first-order valence-electron chi connectivity index (χ1n) is 6.17. The molecule has 0 amide bonds. The number of guanidine groups is 1. The summed E-state index contributed by atoms with van der Waals surface area (Å²) >= 11 is 0. The lowest BCUT2D eigenvalue weighted by Gasteiger charge is -2.16. The van der Waals surface area contributed by atoms with Gasteiger partial charge in [0.05, 0.1) is 6.20 Å². The van der Waals surface area contributed by atoms with Crippen molar-refractivity contribution in [1.29, 1.82) is 0 Å². The van der Waals surface area contributed by atoms with Crippen LogP contribution in [0, 0.1) is 0 Å². The molecule has 1 heterocycles. The summed E-state index contributed by atoms with van der Waals surface area (Å²) in [5, 5.41) is 4.14. The van der Waals surface area contributed by atoms with Gasteiger partial charge in [-0.05, 0) is 31.2 Å². The monoisotopic (exact) mass is 363 g/mol. The molecule has 102 valence electrons. The fourth-order valence-electron chi connectivity index (χ4n) is 1.84. The molecule has 0 unspecified atom stereocenters. The number of nitrogens with zero attached hydrogens (tertiary/aromatic N) is 4. The minimum absolute atomic E-state index is 0. The zero-order chi connectivity index (χ0) is 12.3. The Hall–Kier alpha value is -0.790. The Morgan fingerprint density at radius 2 is 2.33 bits per heavy atom. The number of aromatic nitrogens is 2. The van der Waals surface area contributed by atoms with Crippen LogP contribution in [0.1, 0.15) is 24.8 Å². The van der Waals surface area contributed by atoms with Crippen molar-refractivity contribution in [2.45, 2.75) is 31.7 Å². The fraction of sp³-hybridized carbons (Fsp3) is 0.667. The molecule has 0 aromatic carbocycles. The molecule has 1 fully saturated rings. The normalized spacial score (nSPS) is 15.3. The minimum atomic E-state index is 0. The minimum Gasteiger partial charge on any atom is -0.370 e. The molecule has 0 bridgehead atoms. The third-order valence-electron chi connectivity index (χ3n) is 3.11. The van der Waals surface area contributed by atoms with Gasteiger partial charge in [0.25, 0.3) is 0 Å². The van der Waals surface area contributed by atoms with E-state index in [9.17, 15) is 0 Å². The number of aryl methyl sites for hydroxylation is 2. The first kappa shape index (κ1) is 15.3. The van der Waals surface area contributed by atoms with Crippen molar-refractivity contribution in [3.05, 3.63) is 18.0 Å². The topological polar surface area (TPSA) is 59.4 Å². The summed E-state index contributed by atoms with van der Waals surface area (Å²) in [7, 11) is 3.96. The SMILES string of the molecule is CN(C(N)=NCCCc1cnn(C)c1)C1CC1.I.